The first-order valence-corrected chi connectivity index (χ1v) is 7.65. The van der Waals surface area contributed by atoms with Gasteiger partial charge in [0.25, 0.3) is 5.91 Å². The van der Waals surface area contributed by atoms with Crippen LogP contribution in [0, 0.1) is 5.92 Å². The number of thiophene rings is 1. The largest absolute Gasteiger partial charge is 0.397 e. The van der Waals surface area contributed by atoms with Crippen molar-refractivity contribution in [3.8, 4) is 0 Å². The highest BCUT2D eigenvalue weighted by Gasteiger charge is 2.26. The highest BCUT2D eigenvalue weighted by atomic mass is 32.1. The Labute approximate surface area is 123 Å². The summed E-state index contributed by atoms with van der Waals surface area (Å²) in [5, 5.41) is 0.711. The number of primary amides is 1. The fraction of sp³-hybridized carbons (Fsp3) is 0.571. The molecule has 0 bridgehead atoms. The Morgan fingerprint density at radius 1 is 1.30 bits per heavy atom. The van der Waals surface area contributed by atoms with Crippen molar-refractivity contribution in [2.75, 3.05) is 23.7 Å². The highest BCUT2D eigenvalue weighted by molar-refractivity contribution is 7.19. The molecule has 1 aromatic heterocycles. The molecule has 0 unspecified atom stereocenters. The van der Waals surface area contributed by atoms with Crippen molar-refractivity contribution in [1.29, 1.82) is 0 Å². The molecule has 1 amide bonds. The van der Waals surface area contributed by atoms with Gasteiger partial charge in [-0.3, -0.25) is 9.59 Å². The number of Topliss-reactive ketones (excluding diaryl/α,β-unsaturated/α-hetero) is 1. The number of nitrogen functional groups attached to an aromatic ring is 1. The van der Waals surface area contributed by atoms with E-state index in [9.17, 15) is 9.59 Å². The number of carbonyl (C=O) groups is 2. The summed E-state index contributed by atoms with van der Waals surface area (Å²) in [4.78, 5) is 26.1. The van der Waals surface area contributed by atoms with Gasteiger partial charge in [-0.2, -0.15) is 0 Å². The summed E-state index contributed by atoms with van der Waals surface area (Å²) in [6.45, 7) is 9.50. The molecular formula is C14H23N3O2S. The van der Waals surface area contributed by atoms with Crippen LogP contribution in [-0.2, 0) is 0 Å². The van der Waals surface area contributed by atoms with Gasteiger partial charge in [-0.15, -0.1) is 11.3 Å². The first-order chi connectivity index (χ1) is 9.33. The molecule has 4 N–H and O–H groups in total. The second-order valence-corrected chi connectivity index (χ2v) is 6.10. The molecule has 0 aromatic carbocycles. The maximum Gasteiger partial charge on any atom is 0.253 e. The second-order valence-electron chi connectivity index (χ2n) is 5.10. The lowest BCUT2D eigenvalue weighted by molar-refractivity contribution is 0.0991. The monoisotopic (exact) mass is 297 g/mol. The van der Waals surface area contributed by atoms with Crippen LogP contribution in [0.2, 0.25) is 0 Å². The molecular weight excluding hydrogens is 274 g/mol. The van der Waals surface area contributed by atoms with Crippen molar-refractivity contribution in [1.82, 2.24) is 0 Å². The Bertz CT molecular complexity index is 509. The van der Waals surface area contributed by atoms with Crippen molar-refractivity contribution in [2.24, 2.45) is 11.7 Å². The van der Waals surface area contributed by atoms with E-state index in [0.29, 0.717) is 22.2 Å². The van der Waals surface area contributed by atoms with Crippen molar-refractivity contribution in [3.05, 3.63) is 10.4 Å². The molecule has 5 nitrogen and oxygen atoms in total. The van der Waals surface area contributed by atoms with Gasteiger partial charge in [0.05, 0.1) is 16.1 Å². The molecule has 20 heavy (non-hydrogen) atoms. The minimum absolute atomic E-state index is 0.0538. The van der Waals surface area contributed by atoms with Crippen molar-refractivity contribution >= 4 is 33.7 Å². The Kier molecular flexibility index (Phi) is 5.56. The molecule has 0 spiro atoms. The maximum atomic E-state index is 11.9. The van der Waals surface area contributed by atoms with E-state index in [0.717, 1.165) is 13.1 Å². The van der Waals surface area contributed by atoms with Crippen LogP contribution in [-0.4, -0.2) is 24.8 Å². The number of nitrogens with zero attached hydrogens (tertiary/aromatic N) is 1. The van der Waals surface area contributed by atoms with Crippen LogP contribution in [0.5, 0.6) is 0 Å². The van der Waals surface area contributed by atoms with Gasteiger partial charge in [0.1, 0.15) is 5.00 Å². The summed E-state index contributed by atoms with van der Waals surface area (Å²) in [5.41, 5.74) is 11.9. The van der Waals surface area contributed by atoms with E-state index < -0.39 is 5.91 Å². The van der Waals surface area contributed by atoms with Gasteiger partial charge < -0.3 is 16.4 Å². The van der Waals surface area contributed by atoms with E-state index in [1.807, 2.05) is 6.92 Å². The third-order valence-electron chi connectivity index (χ3n) is 3.00. The Balaban J connectivity index is 3.36. The second kappa shape index (κ2) is 6.74. The molecule has 1 aromatic rings. The molecule has 1 heterocycles. The van der Waals surface area contributed by atoms with Gasteiger partial charge in [-0.05, 0) is 12.8 Å². The fourth-order valence-corrected chi connectivity index (χ4v) is 3.37. The van der Waals surface area contributed by atoms with E-state index in [1.54, 1.807) is 6.92 Å². The summed E-state index contributed by atoms with van der Waals surface area (Å²) in [7, 11) is 0. The minimum Gasteiger partial charge on any atom is -0.397 e. The summed E-state index contributed by atoms with van der Waals surface area (Å²) in [5.74, 6) is -0.197. The number of ketones is 1. The van der Waals surface area contributed by atoms with Crippen LogP contribution in [0.3, 0.4) is 0 Å². The van der Waals surface area contributed by atoms with E-state index in [1.165, 1.54) is 11.3 Å². The average Bonchev–Trinajstić information content (AvgIpc) is 2.72. The zero-order chi connectivity index (χ0) is 15.4. The number of amides is 1. The zero-order valence-corrected chi connectivity index (χ0v) is 13.3. The maximum absolute atomic E-state index is 11.9. The number of hydrogen-bond donors (Lipinski definition) is 2. The zero-order valence-electron chi connectivity index (χ0n) is 12.5. The lowest BCUT2D eigenvalue weighted by Crippen LogP contribution is -2.28. The summed E-state index contributed by atoms with van der Waals surface area (Å²) in [6.07, 6.45) is 0.360. The lowest BCUT2D eigenvalue weighted by atomic mass is 10.1. The van der Waals surface area contributed by atoms with Crippen LogP contribution in [0.4, 0.5) is 10.7 Å². The quantitative estimate of drug-likeness (QED) is 0.757. The van der Waals surface area contributed by atoms with Gasteiger partial charge in [0.2, 0.25) is 0 Å². The predicted molar refractivity (Wildman–Crippen MR) is 84.6 cm³/mol. The van der Waals surface area contributed by atoms with Gasteiger partial charge in [0.15, 0.2) is 5.78 Å². The molecule has 0 aliphatic rings. The number of anilines is 2. The normalized spacial score (nSPS) is 10.8. The van der Waals surface area contributed by atoms with Crippen LogP contribution < -0.4 is 16.4 Å². The predicted octanol–water partition coefficient (Wildman–Crippen LogP) is 2.50. The highest BCUT2D eigenvalue weighted by Crippen LogP contribution is 2.39. The standard InChI is InChI=1S/C14H23N3O2S/c1-5-9(18)12-11(15)10(13(16)19)14(20-12)17(6-2)7-8(3)4/h8H,5-7,15H2,1-4H3,(H2,16,19). The third-order valence-corrected chi connectivity index (χ3v) is 4.31. The third kappa shape index (κ3) is 3.30. The molecule has 0 aliphatic carbocycles. The summed E-state index contributed by atoms with van der Waals surface area (Å²) in [6, 6.07) is 0. The molecule has 0 aliphatic heterocycles. The molecule has 112 valence electrons. The Morgan fingerprint density at radius 3 is 2.30 bits per heavy atom. The molecule has 0 atom stereocenters. The van der Waals surface area contributed by atoms with E-state index in [-0.39, 0.29) is 17.0 Å². The summed E-state index contributed by atoms with van der Waals surface area (Å²) < 4.78 is 0. The number of carbonyl (C=O) groups excluding carboxylic acids is 2. The number of nitrogens with two attached hydrogens (primary N) is 2. The van der Waals surface area contributed by atoms with Crippen LogP contribution in [0.25, 0.3) is 0 Å². The van der Waals surface area contributed by atoms with E-state index in [4.69, 9.17) is 11.5 Å². The van der Waals surface area contributed by atoms with Gasteiger partial charge in [-0.1, -0.05) is 20.8 Å². The molecule has 0 saturated heterocycles. The Hall–Kier alpha value is -1.56. The number of hydrogen-bond acceptors (Lipinski definition) is 5. The molecule has 0 saturated carbocycles. The topological polar surface area (TPSA) is 89.4 Å². The van der Waals surface area contributed by atoms with Crippen LogP contribution in [0.1, 0.15) is 54.1 Å². The smallest absolute Gasteiger partial charge is 0.253 e. The minimum atomic E-state index is -0.578. The summed E-state index contributed by atoms with van der Waals surface area (Å²) >= 11 is 1.27. The van der Waals surface area contributed by atoms with E-state index in [2.05, 4.69) is 18.7 Å². The molecule has 1 rings (SSSR count). The molecule has 0 fully saturated rings. The Morgan fingerprint density at radius 2 is 1.90 bits per heavy atom. The van der Waals surface area contributed by atoms with Gasteiger partial charge >= 0.3 is 0 Å². The van der Waals surface area contributed by atoms with Crippen molar-refractivity contribution < 1.29 is 9.59 Å². The lowest BCUT2D eigenvalue weighted by Gasteiger charge is -2.24. The molecule has 6 heteroatoms. The SMILES string of the molecule is CCC(=O)c1sc(N(CC)CC(C)C)c(C(N)=O)c1N. The van der Waals surface area contributed by atoms with Crippen molar-refractivity contribution in [2.45, 2.75) is 34.1 Å². The van der Waals surface area contributed by atoms with Gasteiger partial charge in [-0.25, -0.2) is 0 Å². The first kappa shape index (κ1) is 16.5. The van der Waals surface area contributed by atoms with Crippen LogP contribution >= 0.6 is 11.3 Å². The number of rotatable bonds is 7. The van der Waals surface area contributed by atoms with Crippen molar-refractivity contribution in [3.63, 3.8) is 0 Å². The first-order valence-electron chi connectivity index (χ1n) is 6.83. The van der Waals surface area contributed by atoms with Gasteiger partial charge in [0, 0.05) is 19.5 Å². The van der Waals surface area contributed by atoms with Crippen LogP contribution in [0.15, 0.2) is 0 Å². The van der Waals surface area contributed by atoms with E-state index >= 15 is 0 Å². The molecule has 0 radical (unpaired) electrons. The average molecular weight is 297 g/mol. The fourth-order valence-electron chi connectivity index (χ4n) is 2.06.